The first-order valence-corrected chi connectivity index (χ1v) is 13.5. The zero-order valence-corrected chi connectivity index (χ0v) is 21.0. The largest absolute Gasteiger partial charge is 0.494 e. The normalized spacial score (nSPS) is 17.6. The van der Waals surface area contributed by atoms with Gasteiger partial charge in [0.1, 0.15) is 22.0 Å². The highest BCUT2D eigenvalue weighted by molar-refractivity contribution is 7.91. The Morgan fingerprint density at radius 3 is 2.62 bits per heavy atom. The van der Waals surface area contributed by atoms with Gasteiger partial charge >= 0.3 is 5.97 Å². The number of aliphatic carboxylic acids is 1. The van der Waals surface area contributed by atoms with Crippen LogP contribution in [0.3, 0.4) is 0 Å². The van der Waals surface area contributed by atoms with E-state index < -0.39 is 34.0 Å². The molecule has 1 amide bonds. The van der Waals surface area contributed by atoms with Crippen LogP contribution in [0.2, 0.25) is 0 Å². The van der Waals surface area contributed by atoms with Crippen LogP contribution >= 0.6 is 11.3 Å². The summed E-state index contributed by atoms with van der Waals surface area (Å²) in [6.07, 6.45) is 1.85. The minimum Gasteiger partial charge on any atom is -0.494 e. The summed E-state index contributed by atoms with van der Waals surface area (Å²) in [5.41, 5.74) is 0.725. The lowest BCUT2D eigenvalue weighted by molar-refractivity contribution is -0.142. The molecule has 0 bridgehead atoms. The molecule has 1 aliphatic heterocycles. The standard InChI is InChI=1S/C23H31N3O6S2/c1-25(2)12-5-14-32-18-10-8-17(9-11-18)16-19(23(28)29)24-22(27)20-6-3-13-26(20)34(30,31)21-7-4-15-33-21/h4,7-11,15,19-20H,3,5-6,12-14,16H2,1-2H3,(H,24,27)(H,28,29)/t19-,20-/m0/s1. The SMILES string of the molecule is CN(C)CCCOc1ccc(C[C@H](NC(=O)[C@@H]2CCCN2S(=O)(=O)c2cccs2)C(=O)O)cc1. The molecule has 1 aromatic heterocycles. The lowest BCUT2D eigenvalue weighted by atomic mass is 10.1. The molecule has 1 aromatic carbocycles. The van der Waals surface area contributed by atoms with E-state index in [4.69, 9.17) is 4.74 Å². The molecule has 11 heteroatoms. The van der Waals surface area contributed by atoms with Gasteiger partial charge < -0.3 is 20.1 Å². The van der Waals surface area contributed by atoms with E-state index in [9.17, 15) is 23.1 Å². The van der Waals surface area contributed by atoms with E-state index in [1.54, 1.807) is 35.7 Å². The quantitative estimate of drug-likeness (QED) is 0.421. The summed E-state index contributed by atoms with van der Waals surface area (Å²) in [5.74, 6) is -1.08. The number of carboxylic acid groups (broad SMARTS) is 1. The first-order valence-electron chi connectivity index (χ1n) is 11.1. The average Bonchev–Trinajstić information content (AvgIpc) is 3.50. The molecular formula is C23H31N3O6S2. The van der Waals surface area contributed by atoms with Crippen molar-refractivity contribution in [3.05, 3.63) is 47.3 Å². The van der Waals surface area contributed by atoms with Gasteiger partial charge in [0, 0.05) is 19.5 Å². The molecule has 1 fully saturated rings. The van der Waals surface area contributed by atoms with Crippen LogP contribution in [0.15, 0.2) is 46.0 Å². The fraction of sp³-hybridized carbons (Fsp3) is 0.478. The van der Waals surface area contributed by atoms with Crippen molar-refractivity contribution in [3.63, 3.8) is 0 Å². The third-order valence-corrected chi connectivity index (χ3v) is 8.84. The van der Waals surface area contributed by atoms with E-state index in [0.717, 1.165) is 29.9 Å². The second-order valence-electron chi connectivity index (χ2n) is 8.46. The number of amides is 1. The van der Waals surface area contributed by atoms with Crippen molar-refractivity contribution in [2.75, 3.05) is 33.8 Å². The van der Waals surface area contributed by atoms with E-state index in [1.807, 2.05) is 14.1 Å². The minimum atomic E-state index is -3.80. The molecule has 1 aliphatic rings. The number of carbonyl (C=O) groups is 2. The van der Waals surface area contributed by atoms with E-state index >= 15 is 0 Å². The number of sulfonamides is 1. The van der Waals surface area contributed by atoms with Crippen molar-refractivity contribution >= 4 is 33.2 Å². The third-order valence-electron chi connectivity index (χ3n) is 5.56. The van der Waals surface area contributed by atoms with Crippen LogP contribution < -0.4 is 10.1 Å². The molecule has 2 atom stereocenters. The van der Waals surface area contributed by atoms with Crippen LogP contribution in [0.4, 0.5) is 0 Å². The van der Waals surface area contributed by atoms with Crippen LogP contribution in [-0.4, -0.2) is 80.5 Å². The summed E-state index contributed by atoms with van der Waals surface area (Å²) in [5, 5.41) is 13.9. The fourth-order valence-electron chi connectivity index (χ4n) is 3.81. The van der Waals surface area contributed by atoms with E-state index in [1.165, 1.54) is 10.4 Å². The predicted molar refractivity (Wildman–Crippen MR) is 130 cm³/mol. The summed E-state index contributed by atoms with van der Waals surface area (Å²) in [6.45, 7) is 1.73. The zero-order valence-electron chi connectivity index (χ0n) is 19.3. The Balaban J connectivity index is 1.60. The summed E-state index contributed by atoms with van der Waals surface area (Å²) in [4.78, 5) is 26.8. The molecule has 2 heterocycles. The summed E-state index contributed by atoms with van der Waals surface area (Å²) >= 11 is 1.09. The van der Waals surface area contributed by atoms with Gasteiger partial charge in [-0.05, 0) is 62.5 Å². The molecule has 2 N–H and O–H groups in total. The summed E-state index contributed by atoms with van der Waals surface area (Å²) in [7, 11) is 0.202. The van der Waals surface area contributed by atoms with E-state index in [0.29, 0.717) is 25.2 Å². The van der Waals surface area contributed by atoms with Crippen LogP contribution in [0.1, 0.15) is 24.8 Å². The predicted octanol–water partition coefficient (Wildman–Crippen LogP) is 2.04. The molecule has 9 nitrogen and oxygen atoms in total. The average molecular weight is 510 g/mol. The van der Waals surface area contributed by atoms with Crippen molar-refractivity contribution in [1.82, 2.24) is 14.5 Å². The maximum Gasteiger partial charge on any atom is 0.326 e. The Morgan fingerprint density at radius 2 is 2.00 bits per heavy atom. The van der Waals surface area contributed by atoms with E-state index in [-0.39, 0.29) is 17.2 Å². The van der Waals surface area contributed by atoms with Gasteiger partial charge in [-0.2, -0.15) is 4.31 Å². The Morgan fingerprint density at radius 1 is 1.26 bits per heavy atom. The number of hydrogen-bond donors (Lipinski definition) is 2. The monoisotopic (exact) mass is 509 g/mol. The number of nitrogens with zero attached hydrogens (tertiary/aromatic N) is 2. The highest BCUT2D eigenvalue weighted by Gasteiger charge is 2.40. The third kappa shape index (κ3) is 6.78. The molecule has 3 rings (SSSR count). The maximum absolute atomic E-state index is 12.9. The lowest BCUT2D eigenvalue weighted by Gasteiger charge is -2.24. The summed E-state index contributed by atoms with van der Waals surface area (Å²) < 4.78 is 32.9. The van der Waals surface area contributed by atoms with Crippen molar-refractivity contribution in [2.24, 2.45) is 0 Å². The first kappa shape index (κ1) is 26.1. The molecule has 186 valence electrons. The van der Waals surface area contributed by atoms with Crippen LogP contribution in [0, 0.1) is 0 Å². The number of rotatable bonds is 12. The van der Waals surface area contributed by atoms with Gasteiger partial charge in [0.05, 0.1) is 6.61 Å². The topological polar surface area (TPSA) is 116 Å². The summed E-state index contributed by atoms with van der Waals surface area (Å²) in [6, 6.07) is 8.14. The highest BCUT2D eigenvalue weighted by atomic mass is 32.2. The van der Waals surface area contributed by atoms with Gasteiger partial charge in [-0.1, -0.05) is 18.2 Å². The number of carbonyl (C=O) groups excluding carboxylic acids is 1. The zero-order chi connectivity index (χ0) is 24.7. The molecule has 0 saturated carbocycles. The molecule has 2 aromatic rings. The number of hydrogen-bond acceptors (Lipinski definition) is 7. The second kappa shape index (κ2) is 11.8. The van der Waals surface area contributed by atoms with Crippen molar-refractivity contribution < 1.29 is 27.9 Å². The molecular weight excluding hydrogens is 478 g/mol. The Bertz CT molecular complexity index is 1050. The maximum atomic E-state index is 12.9. The van der Waals surface area contributed by atoms with E-state index in [2.05, 4.69) is 10.2 Å². The van der Waals surface area contributed by atoms with Gasteiger partial charge in [0.2, 0.25) is 5.91 Å². The number of benzene rings is 1. The number of carboxylic acids is 1. The minimum absolute atomic E-state index is 0.0758. The van der Waals surface area contributed by atoms with Gasteiger partial charge in [0.25, 0.3) is 10.0 Å². The smallest absolute Gasteiger partial charge is 0.326 e. The first-order chi connectivity index (χ1) is 16.2. The van der Waals surface area contributed by atoms with Crippen molar-refractivity contribution in [1.29, 1.82) is 0 Å². The number of thiophene rings is 1. The molecule has 1 saturated heterocycles. The van der Waals surface area contributed by atoms with Crippen LogP contribution in [0.25, 0.3) is 0 Å². The van der Waals surface area contributed by atoms with Gasteiger partial charge in [-0.15, -0.1) is 11.3 Å². The van der Waals surface area contributed by atoms with Gasteiger partial charge in [0.15, 0.2) is 0 Å². The van der Waals surface area contributed by atoms with Gasteiger partial charge in [-0.3, -0.25) is 4.79 Å². The molecule has 0 aliphatic carbocycles. The number of ether oxygens (including phenoxy) is 1. The Kier molecular flexibility index (Phi) is 9.06. The molecule has 34 heavy (non-hydrogen) atoms. The van der Waals surface area contributed by atoms with Crippen LogP contribution in [-0.2, 0) is 26.0 Å². The lowest BCUT2D eigenvalue weighted by Crippen LogP contribution is -2.51. The van der Waals surface area contributed by atoms with Crippen molar-refractivity contribution in [3.8, 4) is 5.75 Å². The molecule has 0 unspecified atom stereocenters. The Hall–Kier alpha value is -2.47. The second-order valence-corrected chi connectivity index (χ2v) is 11.5. The van der Waals surface area contributed by atoms with Crippen LogP contribution in [0.5, 0.6) is 5.75 Å². The van der Waals surface area contributed by atoms with Gasteiger partial charge in [-0.25, -0.2) is 13.2 Å². The molecule has 0 radical (unpaired) electrons. The Labute approximate surface area is 204 Å². The molecule has 0 spiro atoms. The fourth-order valence-corrected chi connectivity index (χ4v) is 6.59. The highest BCUT2D eigenvalue weighted by Crippen LogP contribution is 2.28. The van der Waals surface area contributed by atoms with Crippen molar-refractivity contribution in [2.45, 2.75) is 42.0 Å². The number of nitrogens with one attached hydrogen (secondary N) is 1.